The largest absolute Gasteiger partial charge is 0.481 e. The molecule has 3 rings (SSSR count). The summed E-state index contributed by atoms with van der Waals surface area (Å²) in [4.78, 5) is 35.8. The van der Waals surface area contributed by atoms with Gasteiger partial charge in [0.05, 0.1) is 0 Å². The molecule has 0 aromatic heterocycles. The van der Waals surface area contributed by atoms with Crippen LogP contribution in [0.1, 0.15) is 69.4 Å². The Kier molecular flexibility index (Phi) is 9.70. The maximum absolute atomic E-state index is 12.7. The second-order valence-electron chi connectivity index (χ2n) is 9.35. The molecule has 1 unspecified atom stereocenters. The van der Waals surface area contributed by atoms with Crippen molar-refractivity contribution in [3.63, 3.8) is 0 Å². The van der Waals surface area contributed by atoms with E-state index in [0.717, 1.165) is 24.0 Å². The number of rotatable bonds is 13. The van der Waals surface area contributed by atoms with Crippen LogP contribution < -0.4 is 10.6 Å². The van der Waals surface area contributed by atoms with Crippen LogP contribution in [0.3, 0.4) is 0 Å². The van der Waals surface area contributed by atoms with Gasteiger partial charge in [-0.2, -0.15) is 0 Å². The SMILES string of the molecule is CCCC[C@H](CC(=O)NCC(C)CCC(=O)O)NC(=O)OCC1c2ccccc2-c2ccccc21. The molecular weight excluding hydrogens is 444 g/mol. The van der Waals surface area contributed by atoms with Gasteiger partial charge in [0.25, 0.3) is 0 Å². The van der Waals surface area contributed by atoms with E-state index in [4.69, 9.17) is 9.84 Å². The van der Waals surface area contributed by atoms with Crippen LogP contribution in [0, 0.1) is 5.92 Å². The fraction of sp³-hybridized carbons (Fsp3) is 0.464. The lowest BCUT2D eigenvalue weighted by molar-refractivity contribution is -0.137. The van der Waals surface area contributed by atoms with Crippen molar-refractivity contribution in [3.05, 3.63) is 59.7 Å². The Morgan fingerprint density at radius 2 is 1.63 bits per heavy atom. The lowest BCUT2D eigenvalue weighted by Crippen LogP contribution is -2.40. The quantitative estimate of drug-likeness (QED) is 0.370. The number of unbranched alkanes of at least 4 members (excludes halogenated alkanes) is 1. The minimum atomic E-state index is -0.838. The normalized spacial score (nSPS) is 13.9. The number of carbonyl (C=O) groups excluding carboxylic acids is 2. The average molecular weight is 481 g/mol. The number of benzene rings is 2. The molecule has 0 radical (unpaired) electrons. The summed E-state index contributed by atoms with van der Waals surface area (Å²) in [5.41, 5.74) is 4.65. The van der Waals surface area contributed by atoms with Gasteiger partial charge in [0.2, 0.25) is 5.91 Å². The van der Waals surface area contributed by atoms with E-state index in [0.29, 0.717) is 19.4 Å². The summed E-state index contributed by atoms with van der Waals surface area (Å²) in [5.74, 6) is -0.945. The molecule has 188 valence electrons. The second-order valence-corrected chi connectivity index (χ2v) is 9.35. The minimum absolute atomic E-state index is 0.0159. The molecule has 7 heteroatoms. The molecule has 2 aromatic carbocycles. The molecule has 2 atom stereocenters. The highest BCUT2D eigenvalue weighted by Crippen LogP contribution is 2.44. The first-order valence-electron chi connectivity index (χ1n) is 12.5. The number of fused-ring (bicyclic) bond motifs is 3. The molecule has 0 aliphatic heterocycles. The predicted octanol–water partition coefficient (Wildman–Crippen LogP) is 5.09. The Hall–Kier alpha value is -3.35. The van der Waals surface area contributed by atoms with E-state index >= 15 is 0 Å². The highest BCUT2D eigenvalue weighted by molar-refractivity contribution is 5.79. The Bertz CT molecular complexity index is 976. The van der Waals surface area contributed by atoms with Crippen LogP contribution in [0.15, 0.2) is 48.5 Å². The molecule has 0 spiro atoms. The Morgan fingerprint density at radius 1 is 1.00 bits per heavy atom. The Balaban J connectivity index is 1.52. The molecule has 35 heavy (non-hydrogen) atoms. The third kappa shape index (κ3) is 7.57. The summed E-state index contributed by atoms with van der Waals surface area (Å²) in [7, 11) is 0. The number of aliphatic carboxylic acids is 1. The van der Waals surface area contributed by atoms with Crippen LogP contribution in [0.4, 0.5) is 4.79 Å². The topological polar surface area (TPSA) is 105 Å². The number of carbonyl (C=O) groups is 3. The van der Waals surface area contributed by atoms with Gasteiger partial charge in [0.15, 0.2) is 0 Å². The summed E-state index contributed by atoms with van der Waals surface area (Å²) >= 11 is 0. The molecule has 2 aromatic rings. The summed E-state index contributed by atoms with van der Waals surface area (Å²) < 4.78 is 5.65. The number of nitrogens with one attached hydrogen (secondary N) is 2. The first-order chi connectivity index (χ1) is 16.9. The third-order valence-corrected chi connectivity index (χ3v) is 6.50. The lowest BCUT2D eigenvalue weighted by atomic mass is 9.98. The van der Waals surface area contributed by atoms with Crippen molar-refractivity contribution in [1.82, 2.24) is 10.6 Å². The van der Waals surface area contributed by atoms with Crippen molar-refractivity contribution in [2.24, 2.45) is 5.92 Å². The Labute approximate surface area is 207 Å². The molecule has 3 N–H and O–H groups in total. The number of hydrogen-bond acceptors (Lipinski definition) is 4. The molecule has 0 saturated heterocycles. The number of alkyl carbamates (subject to hydrolysis) is 1. The maximum Gasteiger partial charge on any atom is 0.407 e. The van der Waals surface area contributed by atoms with Crippen LogP contribution in [-0.2, 0) is 14.3 Å². The van der Waals surface area contributed by atoms with Crippen LogP contribution in [0.25, 0.3) is 11.1 Å². The fourth-order valence-corrected chi connectivity index (χ4v) is 4.54. The third-order valence-electron chi connectivity index (χ3n) is 6.50. The van der Waals surface area contributed by atoms with Crippen molar-refractivity contribution >= 4 is 18.0 Å². The van der Waals surface area contributed by atoms with E-state index < -0.39 is 12.1 Å². The maximum atomic E-state index is 12.7. The summed E-state index contributed by atoms with van der Waals surface area (Å²) in [5, 5.41) is 14.5. The van der Waals surface area contributed by atoms with Crippen molar-refractivity contribution < 1.29 is 24.2 Å². The molecule has 0 saturated carbocycles. The van der Waals surface area contributed by atoms with Crippen LogP contribution >= 0.6 is 0 Å². The zero-order valence-corrected chi connectivity index (χ0v) is 20.6. The molecule has 2 amide bonds. The molecule has 0 bridgehead atoms. The number of ether oxygens (including phenoxy) is 1. The van der Waals surface area contributed by atoms with Gasteiger partial charge in [-0.15, -0.1) is 0 Å². The van der Waals surface area contributed by atoms with Gasteiger partial charge in [0, 0.05) is 31.3 Å². The molecule has 7 nitrogen and oxygen atoms in total. The number of carboxylic acids is 1. The minimum Gasteiger partial charge on any atom is -0.481 e. The van der Waals surface area contributed by atoms with Gasteiger partial charge >= 0.3 is 12.1 Å². The van der Waals surface area contributed by atoms with E-state index in [1.165, 1.54) is 11.1 Å². The van der Waals surface area contributed by atoms with Crippen molar-refractivity contribution in [2.75, 3.05) is 13.2 Å². The van der Waals surface area contributed by atoms with Crippen molar-refractivity contribution in [2.45, 2.75) is 64.3 Å². The van der Waals surface area contributed by atoms with Crippen LogP contribution in [0.2, 0.25) is 0 Å². The zero-order valence-electron chi connectivity index (χ0n) is 20.6. The van der Waals surface area contributed by atoms with Crippen molar-refractivity contribution in [3.8, 4) is 11.1 Å². The number of carboxylic acid groups (broad SMARTS) is 1. The predicted molar refractivity (Wildman–Crippen MR) is 135 cm³/mol. The Morgan fingerprint density at radius 3 is 2.23 bits per heavy atom. The van der Waals surface area contributed by atoms with Crippen LogP contribution in [-0.4, -0.2) is 42.3 Å². The standard InChI is InChI=1S/C28H36N2O5/c1-3-4-9-20(16-26(31)29-17-19(2)14-15-27(32)33)30-28(34)35-18-25-23-12-7-5-10-21(23)22-11-6-8-13-24(22)25/h5-8,10-13,19-20,25H,3-4,9,14-18H2,1-2H3,(H,29,31)(H,30,34)(H,32,33)/t19?,20-/m1/s1. The second kappa shape index (κ2) is 12.9. The monoisotopic (exact) mass is 480 g/mol. The van der Waals surface area contributed by atoms with Crippen LogP contribution in [0.5, 0.6) is 0 Å². The van der Waals surface area contributed by atoms with E-state index in [9.17, 15) is 14.4 Å². The first-order valence-corrected chi connectivity index (χ1v) is 12.5. The van der Waals surface area contributed by atoms with E-state index in [-0.39, 0.29) is 43.2 Å². The van der Waals surface area contributed by atoms with Gasteiger partial charge in [-0.05, 0) is 41.0 Å². The molecule has 0 fully saturated rings. The average Bonchev–Trinajstić information content (AvgIpc) is 3.17. The number of hydrogen-bond donors (Lipinski definition) is 3. The zero-order chi connectivity index (χ0) is 25.2. The van der Waals surface area contributed by atoms with Gasteiger partial charge in [0.1, 0.15) is 6.61 Å². The van der Waals surface area contributed by atoms with E-state index in [1.54, 1.807) is 0 Å². The first kappa shape index (κ1) is 26.3. The molecular formula is C28H36N2O5. The van der Waals surface area contributed by atoms with Gasteiger partial charge in [-0.25, -0.2) is 4.79 Å². The smallest absolute Gasteiger partial charge is 0.407 e. The number of amides is 2. The van der Waals surface area contributed by atoms with Gasteiger partial charge in [-0.1, -0.05) is 75.2 Å². The summed E-state index contributed by atoms with van der Waals surface area (Å²) in [6.45, 7) is 4.62. The van der Waals surface area contributed by atoms with Gasteiger partial charge in [-0.3, -0.25) is 9.59 Å². The van der Waals surface area contributed by atoms with Gasteiger partial charge < -0.3 is 20.5 Å². The van der Waals surface area contributed by atoms with Crippen molar-refractivity contribution in [1.29, 1.82) is 0 Å². The highest BCUT2D eigenvalue weighted by Gasteiger charge is 2.29. The van der Waals surface area contributed by atoms with E-state index in [1.807, 2.05) is 31.2 Å². The summed E-state index contributed by atoms with van der Waals surface area (Å²) in [6, 6.07) is 16.1. The fourth-order valence-electron chi connectivity index (χ4n) is 4.54. The molecule has 1 aliphatic carbocycles. The molecule has 0 heterocycles. The molecule has 1 aliphatic rings. The summed E-state index contributed by atoms with van der Waals surface area (Å²) in [6.07, 6.45) is 2.76. The lowest BCUT2D eigenvalue weighted by Gasteiger charge is -2.20. The van der Waals surface area contributed by atoms with E-state index in [2.05, 4.69) is 41.8 Å². The highest BCUT2D eigenvalue weighted by atomic mass is 16.5.